The van der Waals surface area contributed by atoms with E-state index in [2.05, 4.69) is 16.3 Å². The average Bonchev–Trinajstić information content (AvgIpc) is 2.92. The summed E-state index contributed by atoms with van der Waals surface area (Å²) in [7, 11) is 0. The first-order chi connectivity index (χ1) is 11.6. The van der Waals surface area contributed by atoms with E-state index in [4.69, 9.17) is 16.3 Å². The van der Waals surface area contributed by atoms with E-state index in [1.54, 1.807) is 11.3 Å². The number of hydrogen-bond donors (Lipinski definition) is 1. The molecule has 2 aliphatic rings. The number of para-hydroxylation sites is 1. The van der Waals surface area contributed by atoms with Crippen LogP contribution in [-0.2, 0) is 6.54 Å². The molecule has 1 saturated heterocycles. The molecule has 0 saturated carbocycles. The monoisotopic (exact) mass is 362 g/mol. The number of carbonyl (C=O) groups excluding carboxylic acids is 1. The average molecular weight is 363 g/mol. The van der Waals surface area contributed by atoms with Crippen LogP contribution in [0.2, 0.25) is 4.34 Å². The summed E-state index contributed by atoms with van der Waals surface area (Å²) in [5.74, 6) is 0.637. The van der Waals surface area contributed by atoms with Gasteiger partial charge in [0.1, 0.15) is 11.4 Å². The maximum absolute atomic E-state index is 12.3. The zero-order chi connectivity index (χ0) is 16.6. The Bertz CT molecular complexity index is 763. The van der Waals surface area contributed by atoms with Crippen molar-refractivity contribution in [2.45, 2.75) is 25.0 Å². The van der Waals surface area contributed by atoms with Crippen LogP contribution < -0.4 is 10.1 Å². The van der Waals surface area contributed by atoms with Crippen LogP contribution in [0.15, 0.2) is 36.4 Å². The topological polar surface area (TPSA) is 41.6 Å². The summed E-state index contributed by atoms with van der Waals surface area (Å²) in [6.45, 7) is 3.26. The van der Waals surface area contributed by atoms with E-state index in [0.29, 0.717) is 17.9 Å². The number of fused-ring (bicyclic) bond motifs is 1. The third-order valence-electron chi connectivity index (χ3n) is 4.66. The molecule has 1 aromatic heterocycles. The molecule has 1 amide bonds. The van der Waals surface area contributed by atoms with Gasteiger partial charge in [-0.05, 0) is 43.7 Å². The fourth-order valence-corrected chi connectivity index (χ4v) is 4.69. The van der Waals surface area contributed by atoms with Crippen LogP contribution in [0.5, 0.6) is 5.75 Å². The molecule has 24 heavy (non-hydrogen) atoms. The number of nitrogens with one attached hydrogen (secondary N) is 1. The minimum absolute atomic E-state index is 0.0513. The van der Waals surface area contributed by atoms with E-state index in [1.165, 1.54) is 4.88 Å². The molecule has 1 fully saturated rings. The van der Waals surface area contributed by atoms with Crippen LogP contribution in [0, 0.1) is 0 Å². The molecule has 0 bridgehead atoms. The molecule has 1 aromatic carbocycles. The van der Waals surface area contributed by atoms with Gasteiger partial charge in [-0.3, -0.25) is 9.69 Å². The van der Waals surface area contributed by atoms with Crippen molar-refractivity contribution in [2.75, 3.05) is 19.6 Å². The summed E-state index contributed by atoms with van der Waals surface area (Å²) in [6.07, 6.45) is 2.00. The number of rotatable bonds is 2. The van der Waals surface area contributed by atoms with Crippen LogP contribution in [0.3, 0.4) is 0 Å². The lowest BCUT2D eigenvalue weighted by Crippen LogP contribution is -2.56. The molecule has 4 rings (SSSR count). The first-order valence-electron chi connectivity index (χ1n) is 8.16. The molecule has 1 atom stereocenters. The molecule has 3 heterocycles. The second-order valence-corrected chi connectivity index (χ2v) is 8.28. The second-order valence-electron chi connectivity index (χ2n) is 6.48. The molecule has 0 unspecified atom stereocenters. The standard InChI is InChI=1S/C18H19ClN2O2S/c19-16-7-6-13(24-16)10-21-9-3-8-18(12-21)11-20-17(22)14-4-1-2-5-15(14)23-18/h1-2,4-7H,3,8-12H2,(H,20,22)/t18-/m0/s1. The molecule has 2 aromatic rings. The Balaban J connectivity index is 1.55. The Hall–Kier alpha value is -1.56. The lowest BCUT2D eigenvalue weighted by atomic mass is 9.92. The van der Waals surface area contributed by atoms with Gasteiger partial charge in [-0.15, -0.1) is 11.3 Å². The van der Waals surface area contributed by atoms with Crippen molar-refractivity contribution in [3.63, 3.8) is 0 Å². The number of benzene rings is 1. The highest BCUT2D eigenvalue weighted by Crippen LogP contribution is 2.33. The van der Waals surface area contributed by atoms with Gasteiger partial charge < -0.3 is 10.1 Å². The molecule has 6 heteroatoms. The van der Waals surface area contributed by atoms with Crippen molar-refractivity contribution in [1.82, 2.24) is 10.2 Å². The zero-order valence-corrected chi connectivity index (χ0v) is 14.8. The largest absolute Gasteiger partial charge is 0.483 e. The summed E-state index contributed by atoms with van der Waals surface area (Å²) >= 11 is 7.66. The molecule has 1 spiro atoms. The quantitative estimate of drug-likeness (QED) is 0.888. The van der Waals surface area contributed by atoms with E-state index in [-0.39, 0.29) is 11.5 Å². The Kier molecular flexibility index (Phi) is 4.24. The maximum atomic E-state index is 12.3. The molecule has 2 aliphatic heterocycles. The summed E-state index contributed by atoms with van der Waals surface area (Å²) in [6, 6.07) is 11.5. The maximum Gasteiger partial charge on any atom is 0.255 e. The van der Waals surface area contributed by atoms with Crippen molar-refractivity contribution >= 4 is 28.8 Å². The van der Waals surface area contributed by atoms with E-state index < -0.39 is 0 Å². The lowest BCUT2D eigenvalue weighted by Gasteiger charge is -2.42. The second kappa shape index (κ2) is 6.39. The highest BCUT2D eigenvalue weighted by Gasteiger charge is 2.40. The molecule has 126 valence electrons. The van der Waals surface area contributed by atoms with Crippen LogP contribution >= 0.6 is 22.9 Å². The minimum atomic E-state index is -0.360. The zero-order valence-electron chi connectivity index (χ0n) is 13.3. The van der Waals surface area contributed by atoms with Crippen molar-refractivity contribution in [1.29, 1.82) is 0 Å². The van der Waals surface area contributed by atoms with Gasteiger partial charge >= 0.3 is 0 Å². The number of ether oxygens (including phenoxy) is 1. The number of likely N-dealkylation sites (tertiary alicyclic amines) is 1. The first kappa shape index (κ1) is 15.9. The minimum Gasteiger partial charge on any atom is -0.483 e. The number of carbonyl (C=O) groups is 1. The number of thiophene rings is 1. The Labute approximate surface area is 150 Å². The normalized spacial score (nSPS) is 24.1. The highest BCUT2D eigenvalue weighted by molar-refractivity contribution is 7.16. The van der Waals surface area contributed by atoms with Crippen LogP contribution in [0.4, 0.5) is 0 Å². The van der Waals surface area contributed by atoms with Gasteiger partial charge in [0.05, 0.1) is 16.4 Å². The molecule has 1 N–H and O–H groups in total. The van der Waals surface area contributed by atoms with Gasteiger partial charge in [-0.2, -0.15) is 0 Å². The fourth-order valence-electron chi connectivity index (χ4n) is 3.56. The number of amides is 1. The van der Waals surface area contributed by atoms with Gasteiger partial charge in [0, 0.05) is 18.0 Å². The molecule has 0 radical (unpaired) electrons. The number of hydrogen-bond acceptors (Lipinski definition) is 4. The predicted molar refractivity (Wildman–Crippen MR) is 96.0 cm³/mol. The van der Waals surface area contributed by atoms with Gasteiger partial charge in [0.2, 0.25) is 0 Å². The number of nitrogens with zero attached hydrogens (tertiary/aromatic N) is 1. The molecule has 0 aliphatic carbocycles. The van der Waals surface area contributed by atoms with E-state index >= 15 is 0 Å². The SMILES string of the molecule is O=C1NC[C@]2(CCCN(Cc3ccc(Cl)s3)C2)Oc2ccccc21. The molecule has 4 nitrogen and oxygen atoms in total. The van der Waals surface area contributed by atoms with Crippen molar-refractivity contribution < 1.29 is 9.53 Å². The van der Waals surface area contributed by atoms with Crippen LogP contribution in [0.25, 0.3) is 0 Å². The van der Waals surface area contributed by atoms with Gasteiger partial charge in [0.25, 0.3) is 5.91 Å². The third-order valence-corrected chi connectivity index (χ3v) is 5.87. The highest BCUT2D eigenvalue weighted by atomic mass is 35.5. The van der Waals surface area contributed by atoms with Crippen molar-refractivity contribution in [3.05, 3.63) is 51.2 Å². The van der Waals surface area contributed by atoms with Crippen LogP contribution in [0.1, 0.15) is 28.1 Å². The van der Waals surface area contributed by atoms with Crippen molar-refractivity contribution in [2.24, 2.45) is 0 Å². The smallest absolute Gasteiger partial charge is 0.255 e. The summed E-state index contributed by atoms with van der Waals surface area (Å²) < 4.78 is 7.20. The molecular weight excluding hydrogens is 344 g/mol. The Morgan fingerprint density at radius 3 is 3.00 bits per heavy atom. The number of halogens is 1. The first-order valence-corrected chi connectivity index (χ1v) is 9.36. The van der Waals surface area contributed by atoms with Gasteiger partial charge in [-0.1, -0.05) is 23.7 Å². The molecular formula is C18H19ClN2O2S. The van der Waals surface area contributed by atoms with Crippen molar-refractivity contribution in [3.8, 4) is 5.75 Å². The third kappa shape index (κ3) is 3.16. The Morgan fingerprint density at radius 2 is 2.17 bits per heavy atom. The lowest BCUT2D eigenvalue weighted by molar-refractivity contribution is -0.00673. The number of piperidine rings is 1. The van der Waals surface area contributed by atoms with Crippen LogP contribution in [-0.4, -0.2) is 36.0 Å². The Morgan fingerprint density at radius 1 is 1.29 bits per heavy atom. The predicted octanol–water partition coefficient (Wildman–Crippen LogP) is 3.56. The summed E-state index contributed by atoms with van der Waals surface area (Å²) in [5, 5.41) is 3.04. The summed E-state index contributed by atoms with van der Waals surface area (Å²) in [5.41, 5.74) is 0.262. The van der Waals surface area contributed by atoms with Gasteiger partial charge in [-0.25, -0.2) is 0 Å². The van der Waals surface area contributed by atoms with E-state index in [1.807, 2.05) is 30.3 Å². The van der Waals surface area contributed by atoms with E-state index in [0.717, 1.165) is 36.8 Å². The van der Waals surface area contributed by atoms with Gasteiger partial charge in [0.15, 0.2) is 0 Å². The summed E-state index contributed by atoms with van der Waals surface area (Å²) in [4.78, 5) is 15.9. The fraction of sp³-hybridized carbons (Fsp3) is 0.389. The van der Waals surface area contributed by atoms with E-state index in [9.17, 15) is 4.79 Å².